The maximum absolute atomic E-state index is 12.1. The number of amides is 1. The van der Waals surface area contributed by atoms with Crippen LogP contribution >= 0.6 is 11.3 Å². The van der Waals surface area contributed by atoms with Crippen LogP contribution in [0, 0.1) is 25.2 Å². The van der Waals surface area contributed by atoms with Crippen LogP contribution in [-0.2, 0) is 11.2 Å². The van der Waals surface area contributed by atoms with Crippen LogP contribution in [0.4, 0.5) is 13.8 Å². The van der Waals surface area contributed by atoms with E-state index in [9.17, 15) is 13.6 Å². The van der Waals surface area contributed by atoms with Crippen molar-refractivity contribution < 1.29 is 18.3 Å². The number of anilines is 1. The van der Waals surface area contributed by atoms with E-state index in [0.29, 0.717) is 17.0 Å². The average molecular weight is 350 g/mol. The molecular weight excluding hydrogens is 334 g/mol. The molecule has 0 atom stereocenters. The molecule has 1 aromatic carbocycles. The fourth-order valence-electron chi connectivity index (χ4n) is 2.13. The van der Waals surface area contributed by atoms with Crippen LogP contribution in [0.1, 0.15) is 28.0 Å². The number of nitrogens with one attached hydrogen (secondary N) is 1. The number of ether oxygens (including phenoxy) is 1. The SMILES string of the molecule is Cc1sc(NC(=O)CCc2ccc(OC(F)F)cc2)c(C#N)c1C. The number of halogens is 2. The minimum atomic E-state index is -2.85. The number of aryl methyl sites for hydroxylation is 2. The molecule has 1 N–H and O–H groups in total. The van der Waals surface area contributed by atoms with E-state index in [1.54, 1.807) is 12.1 Å². The van der Waals surface area contributed by atoms with Crippen molar-refractivity contribution in [3.63, 3.8) is 0 Å². The Bertz CT molecular complexity index is 764. The van der Waals surface area contributed by atoms with Gasteiger partial charge in [0.1, 0.15) is 16.8 Å². The second-order valence-electron chi connectivity index (χ2n) is 5.17. The predicted molar refractivity (Wildman–Crippen MR) is 88.5 cm³/mol. The molecule has 0 spiro atoms. The highest BCUT2D eigenvalue weighted by Gasteiger charge is 2.14. The normalized spacial score (nSPS) is 10.5. The molecule has 1 amide bonds. The van der Waals surface area contributed by atoms with E-state index >= 15 is 0 Å². The van der Waals surface area contributed by atoms with E-state index in [1.165, 1.54) is 23.5 Å². The molecule has 126 valence electrons. The van der Waals surface area contributed by atoms with Crippen LogP contribution in [0.15, 0.2) is 24.3 Å². The van der Waals surface area contributed by atoms with Crippen molar-refractivity contribution in [3.8, 4) is 11.8 Å². The molecule has 7 heteroatoms. The highest BCUT2D eigenvalue weighted by atomic mass is 32.1. The van der Waals surface area contributed by atoms with Gasteiger partial charge in [-0.15, -0.1) is 11.3 Å². The Morgan fingerprint density at radius 2 is 2.00 bits per heavy atom. The zero-order valence-corrected chi connectivity index (χ0v) is 14.0. The van der Waals surface area contributed by atoms with Crippen LogP contribution in [0.2, 0.25) is 0 Å². The average Bonchev–Trinajstić information content (AvgIpc) is 2.80. The van der Waals surface area contributed by atoms with Gasteiger partial charge < -0.3 is 10.1 Å². The second-order valence-corrected chi connectivity index (χ2v) is 6.39. The predicted octanol–water partition coefficient (Wildman–Crippen LogP) is 4.41. The van der Waals surface area contributed by atoms with Crippen LogP contribution in [-0.4, -0.2) is 12.5 Å². The minimum absolute atomic E-state index is 0.0846. The van der Waals surface area contributed by atoms with E-state index in [4.69, 9.17) is 5.26 Å². The summed E-state index contributed by atoms with van der Waals surface area (Å²) in [4.78, 5) is 13.0. The summed E-state index contributed by atoms with van der Waals surface area (Å²) in [5, 5.41) is 12.5. The Morgan fingerprint density at radius 3 is 2.58 bits per heavy atom. The first-order chi connectivity index (χ1) is 11.4. The first-order valence-electron chi connectivity index (χ1n) is 7.24. The summed E-state index contributed by atoms with van der Waals surface area (Å²) in [6, 6.07) is 8.28. The molecule has 2 rings (SSSR count). The highest BCUT2D eigenvalue weighted by Crippen LogP contribution is 2.31. The van der Waals surface area contributed by atoms with Crippen LogP contribution in [0.5, 0.6) is 5.75 Å². The number of carbonyl (C=O) groups is 1. The lowest BCUT2D eigenvalue weighted by Gasteiger charge is -2.06. The van der Waals surface area contributed by atoms with Crippen molar-refractivity contribution in [2.45, 2.75) is 33.3 Å². The molecular formula is C17H16F2N2O2S. The molecule has 0 aliphatic rings. The molecule has 0 aliphatic heterocycles. The third kappa shape index (κ3) is 4.52. The highest BCUT2D eigenvalue weighted by molar-refractivity contribution is 7.16. The topological polar surface area (TPSA) is 62.1 Å². The fourth-order valence-corrected chi connectivity index (χ4v) is 3.16. The molecule has 0 fully saturated rings. The third-order valence-electron chi connectivity index (χ3n) is 3.54. The smallest absolute Gasteiger partial charge is 0.387 e. The molecule has 0 saturated heterocycles. The molecule has 1 aromatic heterocycles. The third-order valence-corrected chi connectivity index (χ3v) is 4.66. The van der Waals surface area contributed by atoms with E-state index in [1.807, 2.05) is 13.8 Å². The number of benzene rings is 1. The largest absolute Gasteiger partial charge is 0.435 e. The van der Waals surface area contributed by atoms with Gasteiger partial charge in [0.2, 0.25) is 5.91 Å². The number of alkyl halides is 2. The van der Waals surface area contributed by atoms with Gasteiger partial charge >= 0.3 is 6.61 Å². The van der Waals surface area contributed by atoms with Gasteiger partial charge in [-0.1, -0.05) is 12.1 Å². The van der Waals surface area contributed by atoms with Gasteiger partial charge in [-0.25, -0.2) is 0 Å². The summed E-state index contributed by atoms with van der Waals surface area (Å²) >= 11 is 1.38. The Balaban J connectivity index is 1.92. The van der Waals surface area contributed by atoms with Crippen molar-refractivity contribution in [2.24, 2.45) is 0 Å². The van der Waals surface area contributed by atoms with Crippen LogP contribution < -0.4 is 10.1 Å². The van der Waals surface area contributed by atoms with Crippen LogP contribution in [0.25, 0.3) is 0 Å². The fraction of sp³-hybridized carbons (Fsp3) is 0.294. The molecule has 1 heterocycles. The molecule has 0 unspecified atom stereocenters. The van der Waals surface area contributed by atoms with E-state index < -0.39 is 6.61 Å². The zero-order valence-electron chi connectivity index (χ0n) is 13.2. The minimum Gasteiger partial charge on any atom is -0.435 e. The lowest BCUT2D eigenvalue weighted by Crippen LogP contribution is -2.12. The summed E-state index contributed by atoms with van der Waals surface area (Å²) < 4.78 is 28.4. The van der Waals surface area contributed by atoms with Gasteiger partial charge in [0, 0.05) is 11.3 Å². The van der Waals surface area contributed by atoms with Crippen molar-refractivity contribution in [1.29, 1.82) is 5.26 Å². The maximum atomic E-state index is 12.1. The van der Waals surface area contributed by atoms with Crippen LogP contribution in [0.3, 0.4) is 0 Å². The van der Waals surface area contributed by atoms with Crippen molar-refractivity contribution in [2.75, 3.05) is 5.32 Å². The van der Waals surface area contributed by atoms with Gasteiger partial charge in [0.25, 0.3) is 0 Å². The molecule has 0 bridgehead atoms. The van der Waals surface area contributed by atoms with Crippen molar-refractivity contribution in [3.05, 3.63) is 45.8 Å². The van der Waals surface area contributed by atoms with E-state index in [-0.39, 0.29) is 18.1 Å². The molecule has 2 aromatic rings. The number of thiophene rings is 1. The van der Waals surface area contributed by atoms with Gasteiger partial charge in [0.05, 0.1) is 5.56 Å². The molecule has 0 aliphatic carbocycles. The Kier molecular flexibility index (Phi) is 5.88. The molecule has 4 nitrogen and oxygen atoms in total. The standard InChI is InChI=1S/C17H16F2N2O2S/c1-10-11(2)24-16(14(10)9-20)21-15(22)8-5-12-3-6-13(7-4-12)23-17(18)19/h3-4,6-7,17H,5,8H2,1-2H3,(H,21,22). The number of carbonyl (C=O) groups excluding carboxylic acids is 1. The number of nitrogens with zero attached hydrogens (tertiary/aromatic N) is 1. The first-order valence-corrected chi connectivity index (χ1v) is 8.06. The summed E-state index contributed by atoms with van der Waals surface area (Å²) in [5.41, 5.74) is 2.22. The van der Waals surface area contributed by atoms with Gasteiger partial charge in [-0.2, -0.15) is 14.0 Å². The molecule has 24 heavy (non-hydrogen) atoms. The summed E-state index contributed by atoms with van der Waals surface area (Å²) in [6.07, 6.45) is 0.696. The zero-order chi connectivity index (χ0) is 17.7. The number of rotatable bonds is 6. The Morgan fingerprint density at radius 1 is 1.33 bits per heavy atom. The number of hydrogen-bond donors (Lipinski definition) is 1. The number of hydrogen-bond acceptors (Lipinski definition) is 4. The molecule has 0 saturated carbocycles. The van der Waals surface area contributed by atoms with Gasteiger partial charge in [0.15, 0.2) is 0 Å². The monoisotopic (exact) mass is 350 g/mol. The molecule has 0 radical (unpaired) electrons. The first kappa shape index (κ1) is 17.9. The maximum Gasteiger partial charge on any atom is 0.387 e. The second kappa shape index (κ2) is 7.88. The number of nitriles is 1. The van der Waals surface area contributed by atoms with Crippen molar-refractivity contribution in [1.82, 2.24) is 0 Å². The Hall–Kier alpha value is -2.46. The summed E-state index contributed by atoms with van der Waals surface area (Å²) in [6.45, 7) is 0.899. The van der Waals surface area contributed by atoms with Gasteiger partial charge in [-0.05, 0) is 43.5 Å². The van der Waals surface area contributed by atoms with E-state index in [0.717, 1.165) is 16.0 Å². The van der Waals surface area contributed by atoms with Crippen molar-refractivity contribution >= 4 is 22.2 Å². The van der Waals surface area contributed by atoms with E-state index in [2.05, 4.69) is 16.1 Å². The summed E-state index contributed by atoms with van der Waals surface area (Å²) in [5.74, 6) is -0.109. The van der Waals surface area contributed by atoms with Gasteiger partial charge in [-0.3, -0.25) is 4.79 Å². The summed E-state index contributed by atoms with van der Waals surface area (Å²) in [7, 11) is 0. The lowest BCUT2D eigenvalue weighted by atomic mass is 10.1. The Labute approximate surface area is 142 Å². The lowest BCUT2D eigenvalue weighted by molar-refractivity contribution is -0.116. The quantitative estimate of drug-likeness (QED) is 0.839.